The van der Waals surface area contributed by atoms with Gasteiger partial charge < -0.3 is 9.88 Å². The summed E-state index contributed by atoms with van der Waals surface area (Å²) >= 11 is 0. The third-order valence-corrected chi connectivity index (χ3v) is 5.15. The van der Waals surface area contributed by atoms with Crippen LogP contribution in [0, 0.1) is 0 Å². The Kier molecular flexibility index (Phi) is 2.71. The van der Waals surface area contributed by atoms with E-state index in [2.05, 4.69) is 27.6 Å². The monoisotopic (exact) mass is 320 g/mol. The lowest BCUT2D eigenvalue weighted by atomic mass is 9.84. The van der Waals surface area contributed by atoms with Gasteiger partial charge in [-0.05, 0) is 24.0 Å². The van der Waals surface area contributed by atoms with Gasteiger partial charge in [-0.25, -0.2) is 0 Å². The minimum Gasteiger partial charge on any atom is -0.311 e. The molecule has 5 rings (SSSR count). The van der Waals surface area contributed by atoms with Crippen LogP contribution in [0.1, 0.15) is 35.4 Å². The van der Waals surface area contributed by atoms with Crippen LogP contribution in [-0.2, 0) is 17.8 Å². The first-order valence-corrected chi connectivity index (χ1v) is 8.21. The quantitative estimate of drug-likeness (QED) is 0.721. The van der Waals surface area contributed by atoms with E-state index in [-0.39, 0.29) is 17.4 Å². The maximum absolute atomic E-state index is 12.7. The number of benzene rings is 1. The molecule has 0 radical (unpaired) electrons. The van der Waals surface area contributed by atoms with E-state index in [4.69, 9.17) is 0 Å². The molecule has 1 aromatic carbocycles. The summed E-state index contributed by atoms with van der Waals surface area (Å²) in [7, 11) is 0. The molecule has 3 aromatic rings. The summed E-state index contributed by atoms with van der Waals surface area (Å²) in [6, 6.07) is 7.90. The van der Waals surface area contributed by atoms with Crippen molar-refractivity contribution in [2.75, 3.05) is 5.32 Å². The number of hydrogen-bond acceptors (Lipinski definition) is 3. The van der Waals surface area contributed by atoms with Gasteiger partial charge in [0.25, 0.3) is 5.56 Å². The number of amides is 1. The lowest BCUT2D eigenvalue weighted by Crippen LogP contribution is -2.28. The van der Waals surface area contributed by atoms with Crippen molar-refractivity contribution in [1.29, 1.82) is 0 Å². The topological polar surface area (TPSA) is 79.8 Å². The Hall–Kier alpha value is -2.89. The van der Waals surface area contributed by atoms with E-state index < -0.39 is 0 Å². The number of anilines is 1. The number of rotatable bonds is 1. The first-order valence-electron chi connectivity index (χ1n) is 8.21. The van der Waals surface area contributed by atoms with Gasteiger partial charge in [-0.2, -0.15) is 5.10 Å². The van der Waals surface area contributed by atoms with E-state index in [1.165, 1.54) is 5.56 Å². The number of nitrogens with one attached hydrogen (secondary N) is 2. The number of H-pyrrole nitrogens is 1. The average Bonchev–Trinajstić information content (AvgIpc) is 3.05. The molecule has 0 saturated carbocycles. The van der Waals surface area contributed by atoms with Crippen molar-refractivity contribution in [2.45, 2.75) is 31.7 Å². The zero-order valence-electron chi connectivity index (χ0n) is 13.0. The van der Waals surface area contributed by atoms with Crippen LogP contribution in [0.25, 0.3) is 10.9 Å². The number of pyridine rings is 1. The minimum absolute atomic E-state index is 0.0145. The van der Waals surface area contributed by atoms with Crippen molar-refractivity contribution in [3.05, 3.63) is 57.5 Å². The Balaban J connectivity index is 1.83. The Labute approximate surface area is 137 Å². The van der Waals surface area contributed by atoms with Crippen LogP contribution < -0.4 is 10.9 Å². The lowest BCUT2D eigenvalue weighted by molar-refractivity contribution is -0.116. The summed E-state index contributed by atoms with van der Waals surface area (Å²) in [5, 5.41) is 10.8. The van der Waals surface area contributed by atoms with E-state index in [0.29, 0.717) is 12.2 Å². The van der Waals surface area contributed by atoms with Crippen LogP contribution in [0.15, 0.2) is 35.3 Å². The molecule has 1 atom stereocenters. The van der Waals surface area contributed by atoms with Crippen molar-refractivity contribution in [2.24, 2.45) is 0 Å². The van der Waals surface area contributed by atoms with Crippen molar-refractivity contribution in [1.82, 2.24) is 14.8 Å². The number of para-hydroxylation sites is 1. The van der Waals surface area contributed by atoms with Crippen LogP contribution in [-0.4, -0.2) is 20.7 Å². The molecule has 1 amide bonds. The van der Waals surface area contributed by atoms with Gasteiger partial charge in [-0.3, -0.25) is 14.7 Å². The number of hydrogen-bond donors (Lipinski definition) is 2. The van der Waals surface area contributed by atoms with E-state index in [1.807, 2.05) is 10.6 Å². The number of carbonyl (C=O) groups is 1. The van der Waals surface area contributed by atoms with Gasteiger partial charge >= 0.3 is 0 Å². The van der Waals surface area contributed by atoms with Crippen LogP contribution in [0.3, 0.4) is 0 Å². The fourth-order valence-electron chi connectivity index (χ4n) is 4.10. The highest BCUT2D eigenvalue weighted by molar-refractivity contribution is 5.96. The van der Waals surface area contributed by atoms with Crippen molar-refractivity contribution < 1.29 is 4.79 Å². The Morgan fingerprint density at radius 1 is 1.21 bits per heavy atom. The normalized spacial score (nSPS) is 19.2. The van der Waals surface area contributed by atoms with Gasteiger partial charge in [-0.15, -0.1) is 0 Å². The van der Waals surface area contributed by atoms with E-state index in [9.17, 15) is 9.59 Å². The van der Waals surface area contributed by atoms with Crippen LogP contribution in [0.5, 0.6) is 0 Å². The van der Waals surface area contributed by atoms with Gasteiger partial charge in [0, 0.05) is 35.9 Å². The molecule has 0 fully saturated rings. The summed E-state index contributed by atoms with van der Waals surface area (Å²) in [5.41, 5.74) is 4.12. The second-order valence-corrected chi connectivity index (χ2v) is 6.51. The molecule has 0 aliphatic carbocycles. The molecule has 6 nitrogen and oxygen atoms in total. The van der Waals surface area contributed by atoms with Crippen LogP contribution >= 0.6 is 0 Å². The molecule has 24 heavy (non-hydrogen) atoms. The molecule has 0 unspecified atom stereocenters. The molecule has 2 aromatic heterocycles. The zero-order valence-corrected chi connectivity index (χ0v) is 13.0. The summed E-state index contributed by atoms with van der Waals surface area (Å²) in [6.07, 6.45) is 4.05. The molecule has 2 aliphatic rings. The van der Waals surface area contributed by atoms with E-state index in [1.54, 1.807) is 12.3 Å². The zero-order chi connectivity index (χ0) is 16.3. The van der Waals surface area contributed by atoms with Crippen molar-refractivity contribution >= 4 is 22.6 Å². The molecule has 0 saturated heterocycles. The number of aromatic nitrogens is 3. The first-order chi connectivity index (χ1) is 11.7. The van der Waals surface area contributed by atoms with Gasteiger partial charge in [0.2, 0.25) is 5.91 Å². The standard InChI is InChI=1S/C18H16N4O2/c23-15-7-12(14-9-19-21-18(14)20-15)13-8-16(24)22-6-2-4-10-3-1-5-11(13)17(10)22/h1,3,5,8-9,12H,2,4,6-7H2,(H2,19,20,21,23)/t12-/m0/s1. The largest absolute Gasteiger partial charge is 0.311 e. The van der Waals surface area contributed by atoms with Gasteiger partial charge in [0.1, 0.15) is 5.82 Å². The van der Waals surface area contributed by atoms with E-state index in [0.717, 1.165) is 41.4 Å². The molecule has 2 N–H and O–H groups in total. The molecule has 0 spiro atoms. The summed E-state index contributed by atoms with van der Waals surface area (Å²) in [4.78, 5) is 24.8. The molecule has 6 heteroatoms. The third-order valence-electron chi connectivity index (χ3n) is 5.15. The molecule has 120 valence electrons. The lowest BCUT2D eigenvalue weighted by Gasteiger charge is -2.26. The fraction of sp³-hybridized carbons (Fsp3) is 0.278. The second-order valence-electron chi connectivity index (χ2n) is 6.51. The smallest absolute Gasteiger partial charge is 0.251 e. The highest BCUT2D eigenvalue weighted by atomic mass is 16.1. The number of aromatic amines is 1. The Morgan fingerprint density at radius 3 is 3.04 bits per heavy atom. The molecule has 4 heterocycles. The van der Waals surface area contributed by atoms with E-state index >= 15 is 0 Å². The summed E-state index contributed by atoms with van der Waals surface area (Å²) in [6.45, 7) is 0.759. The highest BCUT2D eigenvalue weighted by Gasteiger charge is 2.30. The van der Waals surface area contributed by atoms with Crippen molar-refractivity contribution in [3.63, 3.8) is 0 Å². The molecule has 0 bridgehead atoms. The summed E-state index contributed by atoms with van der Waals surface area (Å²) < 4.78 is 1.87. The third kappa shape index (κ3) is 1.79. The Bertz CT molecular complexity index is 1050. The van der Waals surface area contributed by atoms with Crippen LogP contribution in [0.2, 0.25) is 0 Å². The maximum atomic E-state index is 12.7. The molecular formula is C18H16N4O2. The van der Waals surface area contributed by atoms with Crippen molar-refractivity contribution in [3.8, 4) is 0 Å². The first kappa shape index (κ1) is 13.5. The van der Waals surface area contributed by atoms with Crippen LogP contribution in [0.4, 0.5) is 5.82 Å². The highest BCUT2D eigenvalue weighted by Crippen LogP contribution is 2.39. The fourth-order valence-corrected chi connectivity index (χ4v) is 4.10. The van der Waals surface area contributed by atoms with Gasteiger partial charge in [0.05, 0.1) is 11.7 Å². The predicted octanol–water partition coefficient (Wildman–Crippen LogP) is 2.14. The minimum atomic E-state index is -0.146. The number of aryl methyl sites for hydroxylation is 2. The second kappa shape index (κ2) is 4.80. The van der Waals surface area contributed by atoms with Gasteiger partial charge in [-0.1, -0.05) is 18.2 Å². The maximum Gasteiger partial charge on any atom is 0.251 e. The number of fused-ring (bicyclic) bond motifs is 1. The number of nitrogens with zero attached hydrogens (tertiary/aromatic N) is 2. The summed E-state index contributed by atoms with van der Waals surface area (Å²) in [5.74, 6) is 0.432. The Morgan fingerprint density at radius 2 is 2.12 bits per heavy atom. The SMILES string of the molecule is O=C1C[C@@H](c2cc(=O)n3c4c(cccc24)CCC3)c2cn[nH]c2N1. The average molecular weight is 320 g/mol. The number of carbonyl (C=O) groups excluding carboxylic acids is 1. The van der Waals surface area contributed by atoms with Gasteiger partial charge in [0.15, 0.2) is 0 Å². The molecule has 2 aliphatic heterocycles. The molecular weight excluding hydrogens is 304 g/mol. The predicted molar refractivity (Wildman–Crippen MR) is 90.2 cm³/mol.